The van der Waals surface area contributed by atoms with Crippen molar-refractivity contribution in [3.63, 3.8) is 0 Å². The summed E-state index contributed by atoms with van der Waals surface area (Å²) in [6.07, 6.45) is 0. The maximum atomic E-state index is 12.6. The minimum absolute atomic E-state index is 0.0848. The predicted molar refractivity (Wildman–Crippen MR) is 98.0 cm³/mol. The Balaban J connectivity index is 2.05. The Labute approximate surface area is 153 Å². The molecule has 0 unspecified atom stereocenters. The first-order chi connectivity index (χ1) is 12.0. The quantitative estimate of drug-likeness (QED) is 0.546. The molecule has 10 heteroatoms. The molecule has 0 saturated carbocycles. The average molecular weight is 389 g/mol. The van der Waals surface area contributed by atoms with Crippen LogP contribution in [0.2, 0.25) is 0 Å². The number of ether oxygens (including phenoxy) is 1. The van der Waals surface area contributed by atoms with Crippen LogP contribution in [0.5, 0.6) is 0 Å². The summed E-state index contributed by atoms with van der Waals surface area (Å²) < 4.78 is 31.7. The van der Waals surface area contributed by atoms with Crippen LogP contribution >= 0.6 is 12.2 Å². The molecular weight excluding hydrogens is 366 g/mol. The summed E-state index contributed by atoms with van der Waals surface area (Å²) in [4.78, 5) is 1.85. The third-order valence-electron chi connectivity index (χ3n) is 3.74. The fraction of sp³-hybridized carbons (Fsp3) is 0.533. The Kier molecular flexibility index (Phi) is 7.54. The van der Waals surface area contributed by atoms with E-state index in [2.05, 4.69) is 5.32 Å². The molecule has 25 heavy (non-hydrogen) atoms. The normalized spacial score (nSPS) is 15.8. The van der Waals surface area contributed by atoms with Gasteiger partial charge in [0.15, 0.2) is 5.11 Å². The molecule has 0 aromatic heterocycles. The van der Waals surface area contributed by atoms with Gasteiger partial charge in [-0.15, -0.1) is 0 Å². The van der Waals surface area contributed by atoms with Gasteiger partial charge < -0.3 is 25.2 Å². The average Bonchev–Trinajstić information content (AvgIpc) is 2.62. The molecule has 0 atom stereocenters. The molecule has 1 heterocycles. The number of aliphatic hydroxyl groups excluding tert-OH is 2. The van der Waals surface area contributed by atoms with Crippen molar-refractivity contribution >= 4 is 33.0 Å². The van der Waals surface area contributed by atoms with Crippen LogP contribution < -0.4 is 5.32 Å². The van der Waals surface area contributed by atoms with E-state index < -0.39 is 10.0 Å². The van der Waals surface area contributed by atoms with Crippen LogP contribution in [0.15, 0.2) is 29.2 Å². The van der Waals surface area contributed by atoms with Gasteiger partial charge in [0, 0.05) is 31.9 Å². The van der Waals surface area contributed by atoms with E-state index in [1.165, 1.54) is 16.4 Å². The standard InChI is InChI=1S/C15H23N3O5S2/c19-9-5-17(6-10-20)15(24)16-13-1-3-14(4-2-13)25(21,22)18-7-11-23-12-8-18/h1-4,19-20H,5-12H2,(H,16,24). The summed E-state index contributed by atoms with van der Waals surface area (Å²) >= 11 is 5.25. The summed E-state index contributed by atoms with van der Waals surface area (Å²) in [5.41, 5.74) is 0.631. The molecule has 1 fully saturated rings. The number of aliphatic hydroxyl groups is 2. The molecule has 140 valence electrons. The van der Waals surface area contributed by atoms with E-state index in [0.29, 0.717) is 50.2 Å². The first kappa shape index (κ1) is 20.0. The van der Waals surface area contributed by atoms with Crippen molar-refractivity contribution in [3.05, 3.63) is 24.3 Å². The predicted octanol–water partition coefficient (Wildman–Crippen LogP) is -0.309. The zero-order valence-electron chi connectivity index (χ0n) is 13.8. The van der Waals surface area contributed by atoms with Crippen molar-refractivity contribution in [2.45, 2.75) is 4.90 Å². The van der Waals surface area contributed by atoms with Gasteiger partial charge in [0.25, 0.3) is 0 Å². The van der Waals surface area contributed by atoms with Crippen molar-refractivity contribution < 1.29 is 23.4 Å². The molecule has 1 aromatic carbocycles. The van der Waals surface area contributed by atoms with Gasteiger partial charge in [-0.1, -0.05) is 0 Å². The van der Waals surface area contributed by atoms with Crippen molar-refractivity contribution in [1.29, 1.82) is 0 Å². The first-order valence-corrected chi connectivity index (χ1v) is 9.79. The summed E-state index contributed by atoms with van der Waals surface area (Å²) in [5, 5.41) is 21.4. The van der Waals surface area contributed by atoms with Crippen molar-refractivity contribution in [1.82, 2.24) is 9.21 Å². The number of nitrogens with zero attached hydrogens (tertiary/aromatic N) is 2. The summed E-state index contributed by atoms with van der Waals surface area (Å²) in [5.74, 6) is 0. The number of anilines is 1. The van der Waals surface area contributed by atoms with Crippen LogP contribution in [0.3, 0.4) is 0 Å². The van der Waals surface area contributed by atoms with Gasteiger partial charge in [-0.3, -0.25) is 0 Å². The number of morpholine rings is 1. The van der Waals surface area contributed by atoms with E-state index in [-0.39, 0.29) is 18.1 Å². The van der Waals surface area contributed by atoms with Crippen LogP contribution in [0.25, 0.3) is 0 Å². The molecule has 0 radical (unpaired) electrons. The van der Waals surface area contributed by atoms with Crippen molar-refractivity contribution in [2.75, 3.05) is 57.9 Å². The number of benzene rings is 1. The Morgan fingerprint density at radius 3 is 2.24 bits per heavy atom. The molecule has 1 saturated heterocycles. The van der Waals surface area contributed by atoms with Crippen LogP contribution in [0.4, 0.5) is 5.69 Å². The van der Waals surface area contributed by atoms with Crippen LogP contribution in [-0.4, -0.2) is 85.6 Å². The second-order valence-electron chi connectivity index (χ2n) is 5.41. The monoisotopic (exact) mass is 389 g/mol. The molecule has 0 bridgehead atoms. The fourth-order valence-electron chi connectivity index (χ4n) is 2.41. The minimum atomic E-state index is -3.52. The zero-order valence-corrected chi connectivity index (χ0v) is 15.4. The van der Waals surface area contributed by atoms with Gasteiger partial charge in [-0.25, -0.2) is 8.42 Å². The van der Waals surface area contributed by atoms with E-state index in [4.69, 9.17) is 27.2 Å². The molecule has 1 aromatic rings. The highest BCUT2D eigenvalue weighted by atomic mass is 32.2. The number of thiocarbonyl (C=S) groups is 1. The first-order valence-electron chi connectivity index (χ1n) is 7.94. The molecule has 0 spiro atoms. The Morgan fingerprint density at radius 1 is 1.16 bits per heavy atom. The number of sulfonamides is 1. The van der Waals surface area contributed by atoms with Crippen molar-refractivity contribution in [2.24, 2.45) is 0 Å². The Hall–Kier alpha value is -1.30. The number of hydrogen-bond donors (Lipinski definition) is 3. The molecule has 0 amide bonds. The van der Waals surface area contributed by atoms with Gasteiger partial charge in [0.2, 0.25) is 10.0 Å². The molecule has 2 rings (SSSR count). The summed E-state index contributed by atoms with van der Waals surface area (Å²) in [7, 11) is -3.52. The highest BCUT2D eigenvalue weighted by Gasteiger charge is 2.26. The minimum Gasteiger partial charge on any atom is -0.395 e. The lowest BCUT2D eigenvalue weighted by atomic mass is 10.3. The Morgan fingerprint density at radius 2 is 1.72 bits per heavy atom. The van der Waals surface area contributed by atoms with Gasteiger partial charge in [-0.2, -0.15) is 4.31 Å². The maximum absolute atomic E-state index is 12.6. The molecule has 1 aliphatic rings. The van der Waals surface area contributed by atoms with Gasteiger partial charge in [0.05, 0.1) is 31.3 Å². The molecular formula is C15H23N3O5S2. The fourth-order valence-corrected chi connectivity index (χ4v) is 4.11. The molecule has 8 nitrogen and oxygen atoms in total. The molecule has 0 aliphatic carbocycles. The summed E-state index contributed by atoms with van der Waals surface area (Å²) in [6.45, 7) is 1.94. The lowest BCUT2D eigenvalue weighted by Gasteiger charge is -2.26. The van der Waals surface area contributed by atoms with E-state index in [0.717, 1.165) is 0 Å². The SMILES string of the molecule is O=S(=O)(c1ccc(NC(=S)N(CCO)CCO)cc1)N1CCOCC1. The highest BCUT2D eigenvalue weighted by Crippen LogP contribution is 2.19. The lowest BCUT2D eigenvalue weighted by molar-refractivity contribution is 0.0730. The topological polar surface area (TPSA) is 102 Å². The van der Waals surface area contributed by atoms with Crippen LogP contribution in [0, 0.1) is 0 Å². The molecule has 3 N–H and O–H groups in total. The van der Waals surface area contributed by atoms with Gasteiger partial charge in [-0.05, 0) is 36.5 Å². The van der Waals surface area contributed by atoms with E-state index in [1.807, 2.05) is 0 Å². The molecule has 1 aliphatic heterocycles. The van der Waals surface area contributed by atoms with Gasteiger partial charge >= 0.3 is 0 Å². The Bertz CT molecular complexity index is 654. The van der Waals surface area contributed by atoms with Crippen molar-refractivity contribution in [3.8, 4) is 0 Å². The number of nitrogens with one attached hydrogen (secondary N) is 1. The number of hydrogen-bond acceptors (Lipinski definition) is 6. The maximum Gasteiger partial charge on any atom is 0.243 e. The third kappa shape index (κ3) is 5.33. The van der Waals surface area contributed by atoms with Crippen LogP contribution in [-0.2, 0) is 14.8 Å². The largest absolute Gasteiger partial charge is 0.395 e. The van der Waals surface area contributed by atoms with E-state index >= 15 is 0 Å². The lowest BCUT2D eigenvalue weighted by Crippen LogP contribution is -2.40. The van der Waals surface area contributed by atoms with E-state index in [9.17, 15) is 8.42 Å². The zero-order chi connectivity index (χ0) is 18.3. The van der Waals surface area contributed by atoms with E-state index in [1.54, 1.807) is 17.0 Å². The smallest absolute Gasteiger partial charge is 0.243 e. The second kappa shape index (κ2) is 9.41. The summed E-state index contributed by atoms with van der Waals surface area (Å²) in [6, 6.07) is 6.32. The highest BCUT2D eigenvalue weighted by molar-refractivity contribution is 7.89. The van der Waals surface area contributed by atoms with Crippen LogP contribution in [0.1, 0.15) is 0 Å². The number of rotatable bonds is 7. The second-order valence-corrected chi connectivity index (χ2v) is 7.73. The third-order valence-corrected chi connectivity index (χ3v) is 6.01. The van der Waals surface area contributed by atoms with Gasteiger partial charge in [0.1, 0.15) is 0 Å².